The van der Waals surface area contributed by atoms with Gasteiger partial charge in [-0.25, -0.2) is 4.98 Å². The molecule has 0 radical (unpaired) electrons. The molecule has 0 aliphatic carbocycles. The van der Waals surface area contributed by atoms with Gasteiger partial charge in [0.2, 0.25) is 0 Å². The molecule has 158 valence electrons. The number of benzene rings is 3. The van der Waals surface area contributed by atoms with Crippen molar-refractivity contribution in [2.24, 2.45) is 0 Å². The van der Waals surface area contributed by atoms with Gasteiger partial charge in [-0.2, -0.15) is 0 Å². The Morgan fingerprint density at radius 2 is 1.34 bits per heavy atom. The zero-order valence-corrected chi connectivity index (χ0v) is 17.4. The Morgan fingerprint density at radius 3 is 2.06 bits per heavy atom. The molecule has 32 heavy (non-hydrogen) atoms. The van der Waals surface area contributed by atoms with Gasteiger partial charge in [-0.15, -0.1) is 0 Å². The molecule has 1 aliphatic rings. The summed E-state index contributed by atoms with van der Waals surface area (Å²) in [7, 11) is 0. The predicted molar refractivity (Wildman–Crippen MR) is 122 cm³/mol. The van der Waals surface area contributed by atoms with E-state index in [0.29, 0.717) is 47.2 Å². The number of nitrogens with zero attached hydrogens (tertiary/aromatic N) is 3. The van der Waals surface area contributed by atoms with Gasteiger partial charge in [0.15, 0.2) is 0 Å². The number of hydrogen-bond acceptors (Lipinski definition) is 4. The van der Waals surface area contributed by atoms with Gasteiger partial charge in [0.1, 0.15) is 5.82 Å². The van der Waals surface area contributed by atoms with Crippen molar-refractivity contribution in [2.45, 2.75) is 19.4 Å². The second-order valence-electron chi connectivity index (χ2n) is 7.83. The average molecular weight is 423 g/mol. The number of para-hydroxylation sites is 1. The van der Waals surface area contributed by atoms with E-state index in [1.807, 2.05) is 48.5 Å². The summed E-state index contributed by atoms with van der Waals surface area (Å²) in [4.78, 5) is 44.5. The first kappa shape index (κ1) is 19.9. The molecule has 0 spiro atoms. The zero-order chi connectivity index (χ0) is 22.1. The molecule has 0 atom stereocenters. The lowest BCUT2D eigenvalue weighted by Crippen LogP contribution is -2.32. The molecule has 4 aromatic rings. The van der Waals surface area contributed by atoms with Crippen molar-refractivity contribution in [3.05, 3.63) is 112 Å². The number of carbonyl (C=O) groups excluding carboxylic acids is 2. The highest BCUT2D eigenvalue weighted by Gasteiger charge is 2.34. The molecular formula is C26H21N3O3. The van der Waals surface area contributed by atoms with Crippen LogP contribution < -0.4 is 5.56 Å². The molecule has 3 aromatic carbocycles. The molecule has 2 heterocycles. The molecule has 2 amide bonds. The van der Waals surface area contributed by atoms with Gasteiger partial charge in [-0.05, 0) is 36.2 Å². The number of rotatable bonds is 6. The van der Waals surface area contributed by atoms with Crippen LogP contribution in [0, 0.1) is 0 Å². The average Bonchev–Trinajstić information content (AvgIpc) is 3.07. The maximum atomic E-state index is 13.2. The molecule has 0 N–H and O–H groups in total. The van der Waals surface area contributed by atoms with Crippen LogP contribution in [0.5, 0.6) is 0 Å². The van der Waals surface area contributed by atoms with Crippen LogP contribution >= 0.6 is 0 Å². The molecule has 0 saturated heterocycles. The Kier molecular flexibility index (Phi) is 5.11. The number of hydrogen-bond donors (Lipinski definition) is 0. The van der Waals surface area contributed by atoms with Crippen molar-refractivity contribution in [2.75, 3.05) is 6.54 Å². The van der Waals surface area contributed by atoms with Gasteiger partial charge in [-0.3, -0.25) is 23.9 Å². The number of amides is 2. The normalized spacial score (nSPS) is 13.1. The Balaban J connectivity index is 1.41. The van der Waals surface area contributed by atoms with Crippen LogP contribution in [-0.2, 0) is 13.0 Å². The molecule has 0 fully saturated rings. The van der Waals surface area contributed by atoms with Gasteiger partial charge in [-0.1, -0.05) is 54.6 Å². The molecule has 1 aromatic heterocycles. The van der Waals surface area contributed by atoms with Gasteiger partial charge < -0.3 is 0 Å². The third-order valence-electron chi connectivity index (χ3n) is 5.78. The quantitative estimate of drug-likeness (QED) is 0.444. The van der Waals surface area contributed by atoms with E-state index in [1.165, 1.54) is 4.90 Å². The van der Waals surface area contributed by atoms with Crippen LogP contribution in [0.2, 0.25) is 0 Å². The number of fused-ring (bicyclic) bond motifs is 2. The van der Waals surface area contributed by atoms with Crippen molar-refractivity contribution in [1.29, 1.82) is 0 Å². The summed E-state index contributed by atoms with van der Waals surface area (Å²) in [6, 6.07) is 24.0. The molecule has 6 nitrogen and oxygen atoms in total. The standard InChI is InChI=1S/C26H21N3O3/c30-24-19-11-4-5-12-20(19)25(31)28(24)16-8-15-23-27-22-14-7-6-13-21(22)26(32)29(23)17-18-9-2-1-3-10-18/h1-7,9-14H,8,15-17H2. The Bertz CT molecular complexity index is 1360. The van der Waals surface area contributed by atoms with E-state index >= 15 is 0 Å². The topological polar surface area (TPSA) is 72.3 Å². The van der Waals surface area contributed by atoms with Gasteiger partial charge in [0.05, 0.1) is 28.6 Å². The zero-order valence-electron chi connectivity index (χ0n) is 17.4. The van der Waals surface area contributed by atoms with Crippen molar-refractivity contribution < 1.29 is 9.59 Å². The summed E-state index contributed by atoms with van der Waals surface area (Å²) >= 11 is 0. The molecule has 1 aliphatic heterocycles. The minimum atomic E-state index is -0.265. The van der Waals surface area contributed by atoms with E-state index in [2.05, 4.69) is 0 Å². The fraction of sp³-hybridized carbons (Fsp3) is 0.154. The van der Waals surface area contributed by atoms with Crippen molar-refractivity contribution in [3.8, 4) is 0 Å². The molecule has 5 rings (SSSR count). The largest absolute Gasteiger partial charge is 0.292 e. The summed E-state index contributed by atoms with van der Waals surface area (Å²) in [5.41, 5.74) is 2.46. The van der Waals surface area contributed by atoms with E-state index in [9.17, 15) is 14.4 Å². The first-order valence-corrected chi connectivity index (χ1v) is 10.6. The maximum absolute atomic E-state index is 13.2. The first-order chi connectivity index (χ1) is 15.6. The van der Waals surface area contributed by atoms with Gasteiger partial charge in [0.25, 0.3) is 17.4 Å². The smallest absolute Gasteiger partial charge is 0.261 e. The van der Waals surface area contributed by atoms with Crippen molar-refractivity contribution in [1.82, 2.24) is 14.5 Å². The highest BCUT2D eigenvalue weighted by atomic mass is 16.2. The number of imide groups is 1. The summed E-state index contributed by atoms with van der Waals surface area (Å²) in [5, 5.41) is 0.576. The second kappa shape index (κ2) is 8.23. The lowest BCUT2D eigenvalue weighted by molar-refractivity contribution is 0.0652. The fourth-order valence-corrected chi connectivity index (χ4v) is 4.17. The first-order valence-electron chi connectivity index (χ1n) is 10.6. The van der Waals surface area contributed by atoms with Crippen LogP contribution in [0.15, 0.2) is 83.7 Å². The number of carbonyl (C=O) groups is 2. The summed E-state index contributed by atoms with van der Waals surface area (Å²) in [6.07, 6.45) is 0.991. The highest BCUT2D eigenvalue weighted by Crippen LogP contribution is 2.23. The van der Waals surface area contributed by atoms with Crippen LogP contribution in [0.25, 0.3) is 10.9 Å². The van der Waals surface area contributed by atoms with Crippen molar-refractivity contribution in [3.63, 3.8) is 0 Å². The van der Waals surface area contributed by atoms with Crippen LogP contribution in [0.1, 0.15) is 38.5 Å². The van der Waals surface area contributed by atoms with E-state index < -0.39 is 0 Å². The minimum absolute atomic E-state index is 0.0878. The van der Waals surface area contributed by atoms with Crippen molar-refractivity contribution >= 4 is 22.7 Å². The maximum Gasteiger partial charge on any atom is 0.261 e. The molecule has 0 unspecified atom stereocenters. The van der Waals surface area contributed by atoms with Crippen LogP contribution in [0.3, 0.4) is 0 Å². The molecular weight excluding hydrogens is 402 g/mol. The number of aromatic nitrogens is 2. The van der Waals surface area contributed by atoms with E-state index in [4.69, 9.17) is 4.98 Å². The minimum Gasteiger partial charge on any atom is -0.292 e. The van der Waals surface area contributed by atoms with Gasteiger partial charge >= 0.3 is 0 Å². The molecule has 0 bridgehead atoms. The predicted octanol–water partition coefficient (Wildman–Crippen LogP) is 3.67. The molecule has 0 saturated carbocycles. The number of aryl methyl sites for hydroxylation is 1. The highest BCUT2D eigenvalue weighted by molar-refractivity contribution is 6.21. The molecule has 6 heteroatoms. The Labute approximate surface area is 184 Å². The SMILES string of the molecule is O=C1c2ccccc2C(=O)N1CCCc1nc2ccccc2c(=O)n1Cc1ccccc1. The summed E-state index contributed by atoms with van der Waals surface area (Å²) < 4.78 is 1.69. The summed E-state index contributed by atoms with van der Waals surface area (Å²) in [6.45, 7) is 0.695. The van der Waals surface area contributed by atoms with Gasteiger partial charge in [0, 0.05) is 13.0 Å². The second-order valence-corrected chi connectivity index (χ2v) is 7.83. The Morgan fingerprint density at radius 1 is 0.719 bits per heavy atom. The van der Waals surface area contributed by atoms with Crippen LogP contribution in [-0.4, -0.2) is 32.8 Å². The summed E-state index contributed by atoms with van der Waals surface area (Å²) in [5.74, 6) is 0.117. The van der Waals surface area contributed by atoms with E-state index in [-0.39, 0.29) is 23.9 Å². The monoisotopic (exact) mass is 423 g/mol. The van der Waals surface area contributed by atoms with Crippen LogP contribution in [0.4, 0.5) is 0 Å². The van der Waals surface area contributed by atoms with E-state index in [0.717, 1.165) is 5.56 Å². The third-order valence-corrected chi connectivity index (χ3v) is 5.78. The lowest BCUT2D eigenvalue weighted by Gasteiger charge is -2.16. The third kappa shape index (κ3) is 3.50. The fourth-order valence-electron chi connectivity index (χ4n) is 4.17. The van der Waals surface area contributed by atoms with E-state index in [1.54, 1.807) is 34.9 Å². The Hall–Kier alpha value is -4.06. The lowest BCUT2D eigenvalue weighted by atomic mass is 10.1.